The standard InChI is InChI=1S/C10H20O/c1-5-8-10(11-4)9(6-2)7-3/h5,9-10H,1,6-8H2,2-4H3. The molecule has 0 rings (SSSR count). The molecule has 0 bridgehead atoms. The molecule has 0 aliphatic heterocycles. The van der Waals surface area contributed by atoms with Crippen molar-refractivity contribution in [2.75, 3.05) is 7.11 Å². The molecule has 0 aliphatic carbocycles. The van der Waals surface area contributed by atoms with Crippen LogP contribution in [0.1, 0.15) is 33.1 Å². The van der Waals surface area contributed by atoms with E-state index in [4.69, 9.17) is 4.74 Å². The van der Waals surface area contributed by atoms with Crippen molar-refractivity contribution in [1.82, 2.24) is 0 Å². The van der Waals surface area contributed by atoms with E-state index in [1.807, 2.05) is 6.08 Å². The summed E-state index contributed by atoms with van der Waals surface area (Å²) in [4.78, 5) is 0. The van der Waals surface area contributed by atoms with E-state index < -0.39 is 0 Å². The van der Waals surface area contributed by atoms with Crippen LogP contribution in [-0.4, -0.2) is 13.2 Å². The largest absolute Gasteiger partial charge is 0.381 e. The van der Waals surface area contributed by atoms with Crippen molar-refractivity contribution in [2.24, 2.45) is 5.92 Å². The minimum absolute atomic E-state index is 0.377. The molecule has 1 unspecified atom stereocenters. The van der Waals surface area contributed by atoms with Gasteiger partial charge in [-0.3, -0.25) is 0 Å². The van der Waals surface area contributed by atoms with Crippen molar-refractivity contribution < 1.29 is 4.74 Å². The molecule has 1 atom stereocenters. The van der Waals surface area contributed by atoms with Gasteiger partial charge in [0.2, 0.25) is 0 Å². The second-order valence-electron chi connectivity index (χ2n) is 2.88. The van der Waals surface area contributed by atoms with E-state index in [0.29, 0.717) is 12.0 Å². The van der Waals surface area contributed by atoms with Gasteiger partial charge in [0.05, 0.1) is 6.10 Å². The lowest BCUT2D eigenvalue weighted by Crippen LogP contribution is -2.20. The SMILES string of the molecule is C=CCC(OC)C(CC)CC. The van der Waals surface area contributed by atoms with Crippen LogP contribution in [0.3, 0.4) is 0 Å². The van der Waals surface area contributed by atoms with Crippen LogP contribution in [0, 0.1) is 5.92 Å². The summed E-state index contributed by atoms with van der Waals surface area (Å²) in [6.45, 7) is 8.14. The van der Waals surface area contributed by atoms with Gasteiger partial charge in [0.1, 0.15) is 0 Å². The molecular formula is C10H20O. The lowest BCUT2D eigenvalue weighted by atomic mass is 9.94. The predicted octanol–water partition coefficient (Wildman–Crippen LogP) is 3.01. The Morgan fingerprint density at radius 1 is 1.36 bits per heavy atom. The van der Waals surface area contributed by atoms with Crippen molar-refractivity contribution in [3.8, 4) is 0 Å². The number of ether oxygens (including phenoxy) is 1. The second kappa shape index (κ2) is 6.41. The van der Waals surface area contributed by atoms with Gasteiger partial charge >= 0.3 is 0 Å². The van der Waals surface area contributed by atoms with Crippen molar-refractivity contribution >= 4 is 0 Å². The first kappa shape index (κ1) is 10.7. The van der Waals surface area contributed by atoms with E-state index in [0.717, 1.165) is 6.42 Å². The third-order valence-corrected chi connectivity index (χ3v) is 2.28. The van der Waals surface area contributed by atoms with Gasteiger partial charge in [-0.25, -0.2) is 0 Å². The van der Waals surface area contributed by atoms with Crippen LogP contribution in [0.25, 0.3) is 0 Å². The first-order valence-corrected chi connectivity index (χ1v) is 4.43. The topological polar surface area (TPSA) is 9.23 Å². The molecule has 0 heterocycles. The molecule has 0 amide bonds. The third kappa shape index (κ3) is 3.57. The highest BCUT2D eigenvalue weighted by Gasteiger charge is 2.15. The molecule has 0 saturated heterocycles. The molecular weight excluding hydrogens is 136 g/mol. The van der Waals surface area contributed by atoms with E-state index >= 15 is 0 Å². The van der Waals surface area contributed by atoms with Crippen molar-refractivity contribution in [1.29, 1.82) is 0 Å². The van der Waals surface area contributed by atoms with Gasteiger partial charge in [0.15, 0.2) is 0 Å². The highest BCUT2D eigenvalue weighted by Crippen LogP contribution is 2.18. The van der Waals surface area contributed by atoms with Crippen LogP contribution >= 0.6 is 0 Å². The normalized spacial score (nSPS) is 13.5. The first-order valence-electron chi connectivity index (χ1n) is 4.43. The van der Waals surface area contributed by atoms with Gasteiger partial charge in [0.25, 0.3) is 0 Å². The fourth-order valence-corrected chi connectivity index (χ4v) is 1.46. The van der Waals surface area contributed by atoms with E-state index in [1.165, 1.54) is 12.8 Å². The summed E-state index contributed by atoms with van der Waals surface area (Å²) in [6, 6.07) is 0. The molecule has 0 saturated carbocycles. The maximum absolute atomic E-state index is 5.36. The lowest BCUT2D eigenvalue weighted by molar-refractivity contribution is 0.0511. The highest BCUT2D eigenvalue weighted by atomic mass is 16.5. The summed E-state index contributed by atoms with van der Waals surface area (Å²) >= 11 is 0. The van der Waals surface area contributed by atoms with Gasteiger partial charge < -0.3 is 4.74 Å². The fourth-order valence-electron chi connectivity index (χ4n) is 1.46. The van der Waals surface area contributed by atoms with Gasteiger partial charge in [-0.2, -0.15) is 0 Å². The second-order valence-corrected chi connectivity index (χ2v) is 2.88. The molecule has 1 heteroatoms. The Labute approximate surface area is 70.4 Å². The number of hydrogen-bond donors (Lipinski definition) is 0. The molecule has 0 radical (unpaired) electrons. The van der Waals surface area contributed by atoms with Crippen LogP contribution in [0.5, 0.6) is 0 Å². The summed E-state index contributed by atoms with van der Waals surface area (Å²) in [7, 11) is 1.78. The average molecular weight is 156 g/mol. The first-order chi connectivity index (χ1) is 5.29. The third-order valence-electron chi connectivity index (χ3n) is 2.28. The van der Waals surface area contributed by atoms with Crippen LogP contribution in [0.15, 0.2) is 12.7 Å². The van der Waals surface area contributed by atoms with Crippen LogP contribution in [-0.2, 0) is 4.74 Å². The highest BCUT2D eigenvalue weighted by molar-refractivity contribution is 4.77. The van der Waals surface area contributed by atoms with Crippen molar-refractivity contribution in [2.45, 2.75) is 39.2 Å². The average Bonchev–Trinajstić information content (AvgIpc) is 2.05. The zero-order valence-corrected chi connectivity index (χ0v) is 7.97. The van der Waals surface area contributed by atoms with Crippen LogP contribution in [0.4, 0.5) is 0 Å². The van der Waals surface area contributed by atoms with Crippen LogP contribution < -0.4 is 0 Å². The Kier molecular flexibility index (Phi) is 6.24. The Bertz CT molecular complexity index is 95.0. The predicted molar refractivity (Wildman–Crippen MR) is 49.7 cm³/mol. The number of rotatable bonds is 6. The minimum atomic E-state index is 0.377. The smallest absolute Gasteiger partial charge is 0.0633 e. The number of hydrogen-bond acceptors (Lipinski definition) is 1. The van der Waals surface area contributed by atoms with E-state index in [2.05, 4.69) is 20.4 Å². The Hall–Kier alpha value is -0.300. The van der Waals surface area contributed by atoms with E-state index in [1.54, 1.807) is 7.11 Å². The molecule has 0 fully saturated rings. The summed E-state index contributed by atoms with van der Waals surface area (Å²) in [5, 5.41) is 0. The maximum Gasteiger partial charge on any atom is 0.0633 e. The van der Waals surface area contributed by atoms with Gasteiger partial charge in [-0.05, 0) is 12.3 Å². The maximum atomic E-state index is 5.36. The summed E-state index contributed by atoms with van der Waals surface area (Å²) in [6.07, 6.45) is 5.68. The molecule has 0 aliphatic rings. The zero-order chi connectivity index (χ0) is 8.69. The Morgan fingerprint density at radius 2 is 1.91 bits per heavy atom. The van der Waals surface area contributed by atoms with Gasteiger partial charge in [-0.15, -0.1) is 6.58 Å². The van der Waals surface area contributed by atoms with Gasteiger partial charge in [-0.1, -0.05) is 32.8 Å². The molecule has 0 aromatic rings. The molecule has 1 nitrogen and oxygen atoms in total. The van der Waals surface area contributed by atoms with Crippen LogP contribution in [0.2, 0.25) is 0 Å². The summed E-state index contributed by atoms with van der Waals surface area (Å²) in [5.41, 5.74) is 0. The molecule has 66 valence electrons. The Morgan fingerprint density at radius 3 is 2.18 bits per heavy atom. The zero-order valence-electron chi connectivity index (χ0n) is 7.97. The monoisotopic (exact) mass is 156 g/mol. The van der Waals surface area contributed by atoms with E-state index in [-0.39, 0.29) is 0 Å². The Balaban J connectivity index is 3.85. The van der Waals surface area contributed by atoms with Crippen molar-refractivity contribution in [3.63, 3.8) is 0 Å². The molecule has 11 heavy (non-hydrogen) atoms. The summed E-state index contributed by atoms with van der Waals surface area (Å²) in [5.74, 6) is 0.693. The molecule has 0 spiro atoms. The molecule has 0 aromatic carbocycles. The van der Waals surface area contributed by atoms with Crippen molar-refractivity contribution in [3.05, 3.63) is 12.7 Å². The van der Waals surface area contributed by atoms with E-state index in [9.17, 15) is 0 Å². The van der Waals surface area contributed by atoms with Gasteiger partial charge in [0, 0.05) is 7.11 Å². The number of methoxy groups -OCH3 is 1. The lowest BCUT2D eigenvalue weighted by Gasteiger charge is -2.22. The molecule has 0 aromatic heterocycles. The summed E-state index contributed by atoms with van der Waals surface area (Å²) < 4.78 is 5.36. The minimum Gasteiger partial charge on any atom is -0.381 e. The molecule has 0 N–H and O–H groups in total. The fraction of sp³-hybridized carbons (Fsp3) is 0.800. The quantitative estimate of drug-likeness (QED) is 0.537.